The highest BCUT2D eigenvalue weighted by atomic mass is 16.5. The third-order valence-electron chi connectivity index (χ3n) is 1.92. The van der Waals surface area contributed by atoms with Gasteiger partial charge in [0.05, 0.1) is 26.8 Å². The maximum atomic E-state index is 11.1. The van der Waals surface area contributed by atoms with Crippen molar-refractivity contribution >= 4 is 11.9 Å². The van der Waals surface area contributed by atoms with Gasteiger partial charge in [0.2, 0.25) is 5.76 Å². The van der Waals surface area contributed by atoms with Crippen molar-refractivity contribution in [2.24, 2.45) is 0 Å². The molecule has 1 heterocycles. The van der Waals surface area contributed by atoms with Crippen LogP contribution in [0.5, 0.6) is 0 Å². The van der Waals surface area contributed by atoms with Crippen molar-refractivity contribution in [2.75, 3.05) is 20.3 Å². The number of ether oxygens (including phenoxy) is 2. The number of hydrogen-bond donors (Lipinski definition) is 1. The molecular weight excluding hydrogens is 226 g/mol. The molecule has 0 saturated heterocycles. The van der Waals surface area contributed by atoms with Crippen LogP contribution in [0.4, 0.5) is 0 Å². The fraction of sp³-hybridized carbons (Fsp3) is 0.455. The molecule has 0 saturated carbocycles. The molecule has 0 aliphatic heterocycles. The number of hydrogen-bond acceptors (Lipinski definition) is 6. The van der Waals surface area contributed by atoms with Gasteiger partial charge >= 0.3 is 11.9 Å². The summed E-state index contributed by atoms with van der Waals surface area (Å²) in [4.78, 5) is 22.1. The van der Waals surface area contributed by atoms with E-state index in [4.69, 9.17) is 9.15 Å². The fourth-order valence-corrected chi connectivity index (χ4v) is 1.18. The molecule has 0 aliphatic carbocycles. The molecule has 1 rings (SSSR count). The second kappa shape index (κ2) is 6.70. The molecule has 0 aliphatic rings. The average molecular weight is 241 g/mol. The van der Waals surface area contributed by atoms with Crippen LogP contribution in [-0.2, 0) is 20.8 Å². The Labute approximate surface area is 98.9 Å². The third-order valence-corrected chi connectivity index (χ3v) is 1.92. The van der Waals surface area contributed by atoms with Gasteiger partial charge in [0.25, 0.3) is 0 Å². The quantitative estimate of drug-likeness (QED) is 0.739. The average Bonchev–Trinajstić information content (AvgIpc) is 2.77. The molecule has 6 nitrogen and oxygen atoms in total. The summed E-state index contributed by atoms with van der Waals surface area (Å²) in [6.07, 6.45) is 0. The van der Waals surface area contributed by atoms with E-state index in [1.165, 1.54) is 13.2 Å². The van der Waals surface area contributed by atoms with Crippen molar-refractivity contribution < 1.29 is 23.5 Å². The van der Waals surface area contributed by atoms with Crippen molar-refractivity contribution in [2.45, 2.75) is 13.5 Å². The third kappa shape index (κ3) is 4.28. The number of methoxy groups -OCH3 is 1. The molecule has 1 N–H and O–H groups in total. The number of rotatable bonds is 6. The van der Waals surface area contributed by atoms with E-state index < -0.39 is 5.97 Å². The van der Waals surface area contributed by atoms with Crippen molar-refractivity contribution in [3.63, 3.8) is 0 Å². The van der Waals surface area contributed by atoms with E-state index in [2.05, 4.69) is 10.1 Å². The van der Waals surface area contributed by atoms with Gasteiger partial charge in [-0.25, -0.2) is 4.79 Å². The molecule has 94 valence electrons. The summed E-state index contributed by atoms with van der Waals surface area (Å²) in [5.74, 6) is -0.163. The molecule has 0 amide bonds. The first-order chi connectivity index (χ1) is 8.17. The number of furan rings is 1. The van der Waals surface area contributed by atoms with Crippen LogP contribution < -0.4 is 5.32 Å². The summed E-state index contributed by atoms with van der Waals surface area (Å²) in [6.45, 7) is 2.54. The van der Waals surface area contributed by atoms with E-state index in [-0.39, 0.29) is 18.3 Å². The second-order valence-corrected chi connectivity index (χ2v) is 3.17. The van der Waals surface area contributed by atoms with Gasteiger partial charge in [-0.15, -0.1) is 0 Å². The van der Waals surface area contributed by atoms with Crippen molar-refractivity contribution in [1.82, 2.24) is 5.32 Å². The smallest absolute Gasteiger partial charge is 0.373 e. The highest BCUT2D eigenvalue weighted by Gasteiger charge is 2.10. The lowest BCUT2D eigenvalue weighted by Crippen LogP contribution is -2.24. The lowest BCUT2D eigenvalue weighted by molar-refractivity contribution is -0.142. The SMILES string of the molecule is CCOC(=O)CNCc1ccc(C(=O)OC)o1. The molecule has 0 bridgehead atoms. The highest BCUT2D eigenvalue weighted by Crippen LogP contribution is 2.08. The van der Waals surface area contributed by atoms with E-state index in [0.29, 0.717) is 18.9 Å². The number of esters is 2. The summed E-state index contributed by atoms with van der Waals surface area (Å²) in [7, 11) is 1.28. The Hall–Kier alpha value is -1.82. The molecule has 1 aromatic heterocycles. The van der Waals surface area contributed by atoms with Crippen LogP contribution in [0, 0.1) is 0 Å². The van der Waals surface area contributed by atoms with Crippen molar-refractivity contribution in [3.05, 3.63) is 23.7 Å². The Morgan fingerprint density at radius 1 is 1.41 bits per heavy atom. The minimum Gasteiger partial charge on any atom is -0.465 e. The Bertz CT molecular complexity index is 385. The lowest BCUT2D eigenvalue weighted by Gasteiger charge is -2.02. The predicted octanol–water partition coefficient (Wildman–Crippen LogP) is 0.719. The summed E-state index contributed by atoms with van der Waals surface area (Å²) in [5, 5.41) is 2.84. The second-order valence-electron chi connectivity index (χ2n) is 3.17. The van der Waals surface area contributed by atoms with E-state index in [0.717, 1.165) is 0 Å². The lowest BCUT2D eigenvalue weighted by atomic mass is 10.4. The normalized spacial score (nSPS) is 10.0. The van der Waals surface area contributed by atoms with Gasteiger partial charge < -0.3 is 13.9 Å². The highest BCUT2D eigenvalue weighted by molar-refractivity contribution is 5.86. The van der Waals surface area contributed by atoms with E-state index >= 15 is 0 Å². The van der Waals surface area contributed by atoms with Crippen LogP contribution in [0.3, 0.4) is 0 Å². The molecule has 17 heavy (non-hydrogen) atoms. The first kappa shape index (κ1) is 13.2. The minimum atomic E-state index is -0.526. The van der Waals surface area contributed by atoms with Gasteiger partial charge in [-0.05, 0) is 19.1 Å². The van der Waals surface area contributed by atoms with Crippen LogP contribution in [0.1, 0.15) is 23.2 Å². The summed E-state index contributed by atoms with van der Waals surface area (Å²) in [6, 6.07) is 3.16. The van der Waals surface area contributed by atoms with Gasteiger partial charge in [-0.3, -0.25) is 10.1 Å². The topological polar surface area (TPSA) is 77.8 Å². The molecule has 0 unspecified atom stereocenters. The van der Waals surface area contributed by atoms with E-state index in [9.17, 15) is 9.59 Å². The number of carbonyl (C=O) groups excluding carboxylic acids is 2. The van der Waals surface area contributed by atoms with Crippen LogP contribution >= 0.6 is 0 Å². The standard InChI is InChI=1S/C11H15NO5/c1-3-16-10(13)7-12-6-8-4-5-9(17-8)11(14)15-2/h4-5,12H,3,6-7H2,1-2H3. The zero-order chi connectivity index (χ0) is 12.7. The van der Waals surface area contributed by atoms with Gasteiger partial charge in [0.15, 0.2) is 0 Å². The molecule has 0 radical (unpaired) electrons. The Balaban J connectivity index is 2.35. The molecular formula is C11H15NO5. The van der Waals surface area contributed by atoms with Crippen LogP contribution in [0.25, 0.3) is 0 Å². The van der Waals surface area contributed by atoms with Crippen LogP contribution in [-0.4, -0.2) is 32.2 Å². The Kier molecular flexibility index (Phi) is 5.22. The monoisotopic (exact) mass is 241 g/mol. The summed E-state index contributed by atoms with van der Waals surface area (Å²) < 4.78 is 14.4. The zero-order valence-electron chi connectivity index (χ0n) is 9.82. The Morgan fingerprint density at radius 3 is 2.82 bits per heavy atom. The van der Waals surface area contributed by atoms with Gasteiger partial charge in [-0.2, -0.15) is 0 Å². The molecule has 0 spiro atoms. The number of nitrogens with one attached hydrogen (secondary N) is 1. The van der Waals surface area contributed by atoms with Gasteiger partial charge in [0.1, 0.15) is 5.76 Å². The molecule has 6 heteroatoms. The summed E-state index contributed by atoms with van der Waals surface area (Å²) in [5.41, 5.74) is 0. The zero-order valence-corrected chi connectivity index (χ0v) is 9.82. The van der Waals surface area contributed by atoms with Crippen LogP contribution in [0.15, 0.2) is 16.5 Å². The van der Waals surface area contributed by atoms with Gasteiger partial charge in [-0.1, -0.05) is 0 Å². The maximum Gasteiger partial charge on any atom is 0.373 e. The van der Waals surface area contributed by atoms with E-state index in [1.54, 1.807) is 13.0 Å². The number of carbonyl (C=O) groups is 2. The Morgan fingerprint density at radius 2 is 2.18 bits per heavy atom. The first-order valence-electron chi connectivity index (χ1n) is 5.20. The van der Waals surface area contributed by atoms with Crippen molar-refractivity contribution in [3.8, 4) is 0 Å². The van der Waals surface area contributed by atoms with E-state index in [1.807, 2.05) is 0 Å². The van der Waals surface area contributed by atoms with Gasteiger partial charge in [0, 0.05) is 0 Å². The molecule has 0 atom stereocenters. The fourth-order valence-electron chi connectivity index (χ4n) is 1.18. The minimum absolute atomic E-state index is 0.0993. The molecule has 0 fully saturated rings. The maximum absolute atomic E-state index is 11.1. The largest absolute Gasteiger partial charge is 0.465 e. The van der Waals surface area contributed by atoms with Crippen LogP contribution in [0.2, 0.25) is 0 Å². The summed E-state index contributed by atoms with van der Waals surface area (Å²) >= 11 is 0. The van der Waals surface area contributed by atoms with Crippen molar-refractivity contribution in [1.29, 1.82) is 0 Å². The molecule has 1 aromatic rings. The predicted molar refractivity (Wildman–Crippen MR) is 58.4 cm³/mol. The first-order valence-corrected chi connectivity index (χ1v) is 5.20. The molecule has 0 aromatic carbocycles.